The van der Waals surface area contributed by atoms with Crippen LogP contribution in [-0.4, -0.2) is 11.1 Å². The normalized spacial score (nSPS) is 23.6. The monoisotopic (exact) mass is 356 g/mol. The van der Waals surface area contributed by atoms with Gasteiger partial charge in [-0.25, -0.2) is 13.2 Å². The van der Waals surface area contributed by atoms with E-state index in [1.807, 2.05) is 0 Å². The molecule has 1 N–H and O–H groups in total. The number of halogens is 3. The second kappa shape index (κ2) is 8.72. The van der Waals surface area contributed by atoms with Crippen molar-refractivity contribution in [2.24, 2.45) is 5.92 Å². The molecule has 1 aliphatic carbocycles. The fourth-order valence-corrected chi connectivity index (χ4v) is 3.95. The lowest BCUT2D eigenvalue weighted by Crippen LogP contribution is -2.40. The van der Waals surface area contributed by atoms with Crippen molar-refractivity contribution in [3.05, 3.63) is 35.1 Å². The van der Waals surface area contributed by atoms with Crippen LogP contribution in [-0.2, 0) is 10.2 Å². The maximum Gasteiger partial charge on any atom is 0.314 e. The zero-order valence-electron chi connectivity index (χ0n) is 14.8. The van der Waals surface area contributed by atoms with Gasteiger partial charge >= 0.3 is 5.97 Å². The number of benzene rings is 1. The Balaban J connectivity index is 2.03. The smallest absolute Gasteiger partial charge is 0.314 e. The third-order valence-electron chi connectivity index (χ3n) is 5.62. The molecule has 1 aromatic rings. The highest BCUT2D eigenvalue weighted by Gasteiger charge is 2.44. The van der Waals surface area contributed by atoms with Gasteiger partial charge in [-0.2, -0.15) is 0 Å². The number of carboxylic acid groups (broad SMARTS) is 1. The molecule has 0 aliphatic heterocycles. The average molecular weight is 356 g/mol. The molecule has 1 saturated carbocycles. The quantitative estimate of drug-likeness (QED) is 0.460. The Kier molecular flexibility index (Phi) is 6.91. The van der Waals surface area contributed by atoms with E-state index in [9.17, 15) is 23.1 Å². The van der Waals surface area contributed by atoms with Gasteiger partial charge in [-0.1, -0.05) is 45.4 Å². The summed E-state index contributed by atoms with van der Waals surface area (Å²) in [5.41, 5.74) is -1.27. The number of rotatable bonds is 8. The molecule has 0 unspecified atom stereocenters. The van der Waals surface area contributed by atoms with Crippen molar-refractivity contribution in [1.29, 1.82) is 0 Å². The molecule has 140 valence electrons. The molecule has 2 nitrogen and oxygen atoms in total. The molecule has 0 atom stereocenters. The molecule has 0 saturated heterocycles. The Morgan fingerprint density at radius 2 is 1.64 bits per heavy atom. The van der Waals surface area contributed by atoms with Gasteiger partial charge in [0.15, 0.2) is 17.5 Å². The van der Waals surface area contributed by atoms with Crippen LogP contribution in [0.25, 0.3) is 0 Å². The summed E-state index contributed by atoms with van der Waals surface area (Å²) in [7, 11) is 0. The van der Waals surface area contributed by atoms with E-state index in [-0.39, 0.29) is 5.56 Å². The Morgan fingerprint density at radius 1 is 1.08 bits per heavy atom. The molecule has 1 fully saturated rings. The third kappa shape index (κ3) is 4.56. The predicted octanol–water partition coefficient (Wildman–Crippen LogP) is 5.98. The van der Waals surface area contributed by atoms with E-state index in [1.54, 1.807) is 0 Å². The third-order valence-corrected chi connectivity index (χ3v) is 5.62. The summed E-state index contributed by atoms with van der Waals surface area (Å²) in [6, 6.07) is 1.69. The molecular formula is C20H27F3O2. The van der Waals surface area contributed by atoms with Crippen molar-refractivity contribution < 1.29 is 23.1 Å². The van der Waals surface area contributed by atoms with Crippen LogP contribution in [0.15, 0.2) is 12.1 Å². The molecule has 0 spiro atoms. The number of carbonyl (C=O) groups is 1. The highest BCUT2D eigenvalue weighted by atomic mass is 19.2. The van der Waals surface area contributed by atoms with Gasteiger partial charge in [-0.05, 0) is 49.3 Å². The minimum absolute atomic E-state index is 0.0396. The van der Waals surface area contributed by atoms with Gasteiger partial charge in [0.2, 0.25) is 0 Å². The van der Waals surface area contributed by atoms with Crippen molar-refractivity contribution in [1.82, 2.24) is 0 Å². The van der Waals surface area contributed by atoms with Gasteiger partial charge < -0.3 is 5.11 Å². The molecule has 25 heavy (non-hydrogen) atoms. The molecule has 2 rings (SSSR count). The zero-order valence-corrected chi connectivity index (χ0v) is 14.8. The fourth-order valence-electron chi connectivity index (χ4n) is 3.95. The van der Waals surface area contributed by atoms with Crippen LogP contribution in [0.5, 0.6) is 0 Å². The molecular weight excluding hydrogens is 329 g/mol. The highest BCUT2D eigenvalue weighted by Crippen LogP contribution is 2.44. The van der Waals surface area contributed by atoms with Gasteiger partial charge in [0.05, 0.1) is 5.41 Å². The SMILES string of the molecule is CCCCCCCC1CCC(C(=O)O)(c2cc(F)c(F)c(F)c2)CC1. The maximum atomic E-state index is 13.6. The molecule has 0 amide bonds. The average Bonchev–Trinajstić information content (AvgIpc) is 2.59. The standard InChI is InChI=1S/C20H27F3O2/c1-2-3-4-5-6-7-14-8-10-20(11-9-14,19(24)25)15-12-16(21)18(23)17(22)13-15/h12-14H,2-11H2,1H3,(H,24,25). The van der Waals surface area contributed by atoms with Gasteiger partial charge in [-0.15, -0.1) is 0 Å². The van der Waals surface area contributed by atoms with E-state index >= 15 is 0 Å². The lowest BCUT2D eigenvalue weighted by Gasteiger charge is -2.37. The highest BCUT2D eigenvalue weighted by molar-refractivity contribution is 5.81. The minimum Gasteiger partial charge on any atom is -0.481 e. The topological polar surface area (TPSA) is 37.3 Å². The number of hydrogen-bond donors (Lipinski definition) is 1. The van der Waals surface area contributed by atoms with Crippen LogP contribution in [0, 0.1) is 23.4 Å². The molecule has 5 heteroatoms. The first-order valence-corrected chi connectivity index (χ1v) is 9.29. The van der Waals surface area contributed by atoms with Gasteiger partial charge in [0.25, 0.3) is 0 Å². The van der Waals surface area contributed by atoms with E-state index in [1.165, 1.54) is 25.7 Å². The molecule has 0 heterocycles. The van der Waals surface area contributed by atoms with Crippen LogP contribution in [0.3, 0.4) is 0 Å². The Hall–Kier alpha value is -1.52. The molecule has 1 aromatic carbocycles. The van der Waals surface area contributed by atoms with E-state index in [0.29, 0.717) is 18.8 Å². The van der Waals surface area contributed by atoms with Crippen LogP contribution >= 0.6 is 0 Å². The van der Waals surface area contributed by atoms with Crippen molar-refractivity contribution in [3.63, 3.8) is 0 Å². The summed E-state index contributed by atoms with van der Waals surface area (Å²) < 4.78 is 40.3. The lowest BCUT2D eigenvalue weighted by atomic mass is 9.66. The van der Waals surface area contributed by atoms with Crippen LogP contribution in [0.2, 0.25) is 0 Å². The molecule has 0 bridgehead atoms. The van der Waals surface area contributed by atoms with E-state index < -0.39 is 28.8 Å². The maximum absolute atomic E-state index is 13.6. The van der Waals surface area contributed by atoms with Crippen molar-refractivity contribution >= 4 is 5.97 Å². The van der Waals surface area contributed by atoms with E-state index in [0.717, 1.165) is 37.8 Å². The first-order chi connectivity index (χ1) is 11.9. The Morgan fingerprint density at radius 3 is 2.16 bits per heavy atom. The van der Waals surface area contributed by atoms with Crippen molar-refractivity contribution in [2.75, 3.05) is 0 Å². The number of unbranched alkanes of at least 4 members (excludes halogenated alkanes) is 4. The summed E-state index contributed by atoms with van der Waals surface area (Å²) in [4.78, 5) is 11.9. The summed E-state index contributed by atoms with van der Waals surface area (Å²) in [5.74, 6) is -4.82. The van der Waals surface area contributed by atoms with E-state index in [2.05, 4.69) is 6.92 Å². The number of aliphatic carboxylic acids is 1. The minimum atomic E-state index is -1.55. The van der Waals surface area contributed by atoms with E-state index in [4.69, 9.17) is 0 Å². The largest absolute Gasteiger partial charge is 0.481 e. The van der Waals surface area contributed by atoms with Crippen molar-refractivity contribution in [3.8, 4) is 0 Å². The first kappa shape index (κ1) is 19.8. The lowest BCUT2D eigenvalue weighted by molar-refractivity contribution is -0.145. The van der Waals surface area contributed by atoms with Gasteiger partial charge in [-0.3, -0.25) is 4.79 Å². The van der Waals surface area contributed by atoms with Crippen molar-refractivity contribution in [2.45, 2.75) is 76.5 Å². The summed E-state index contributed by atoms with van der Waals surface area (Å²) in [6.07, 6.45) is 9.22. The predicted molar refractivity (Wildman–Crippen MR) is 91.0 cm³/mol. The summed E-state index contributed by atoms with van der Waals surface area (Å²) >= 11 is 0. The first-order valence-electron chi connectivity index (χ1n) is 9.29. The van der Waals surface area contributed by atoms with Crippen LogP contribution < -0.4 is 0 Å². The van der Waals surface area contributed by atoms with Gasteiger partial charge in [0, 0.05) is 0 Å². The summed E-state index contributed by atoms with van der Waals surface area (Å²) in [5, 5.41) is 9.71. The molecule has 0 radical (unpaired) electrons. The van der Waals surface area contributed by atoms with Crippen LogP contribution in [0.4, 0.5) is 13.2 Å². The molecule has 0 aromatic heterocycles. The zero-order chi connectivity index (χ0) is 18.4. The Labute approximate surface area is 147 Å². The second-order valence-electron chi connectivity index (χ2n) is 7.29. The summed E-state index contributed by atoms with van der Waals surface area (Å²) in [6.45, 7) is 2.17. The second-order valence-corrected chi connectivity index (χ2v) is 7.29. The fraction of sp³-hybridized carbons (Fsp3) is 0.650. The molecule has 1 aliphatic rings. The van der Waals surface area contributed by atoms with Crippen LogP contribution in [0.1, 0.15) is 76.7 Å². The Bertz CT molecular complexity index is 570. The number of carboxylic acids is 1. The van der Waals surface area contributed by atoms with Gasteiger partial charge in [0.1, 0.15) is 0 Å². The number of hydrogen-bond acceptors (Lipinski definition) is 1.